The largest absolute Gasteiger partial charge is 0.378 e. The second-order valence-corrected chi connectivity index (χ2v) is 6.56. The molecule has 1 atom stereocenters. The Hall–Kier alpha value is -1.66. The lowest BCUT2D eigenvalue weighted by Gasteiger charge is -2.29. The molecular weight excluding hydrogens is 304 g/mol. The number of likely N-dealkylation sites (tertiary alicyclic amines) is 1. The number of carbonyl (C=O) groups is 1. The highest BCUT2D eigenvalue weighted by molar-refractivity contribution is 5.99. The molecule has 1 amide bonds. The SMILES string of the molecule is CCN1CCCC1CNC(=O)c1ccc(C)nc1N1CCOCC1. The fourth-order valence-electron chi connectivity index (χ4n) is 3.58. The molecule has 2 saturated heterocycles. The van der Waals surface area contributed by atoms with E-state index in [1.165, 1.54) is 6.42 Å². The van der Waals surface area contributed by atoms with Crippen LogP contribution in [0.2, 0.25) is 0 Å². The van der Waals surface area contributed by atoms with Gasteiger partial charge < -0.3 is 15.0 Å². The number of amides is 1. The normalized spacial score (nSPS) is 21.9. The van der Waals surface area contributed by atoms with Crippen LogP contribution in [0.15, 0.2) is 12.1 Å². The Labute approximate surface area is 144 Å². The highest BCUT2D eigenvalue weighted by Gasteiger charge is 2.25. The van der Waals surface area contributed by atoms with Crippen LogP contribution in [-0.4, -0.2) is 67.8 Å². The molecule has 6 nitrogen and oxygen atoms in total. The Morgan fingerprint density at radius 3 is 2.88 bits per heavy atom. The van der Waals surface area contributed by atoms with E-state index in [4.69, 9.17) is 4.74 Å². The molecule has 24 heavy (non-hydrogen) atoms. The van der Waals surface area contributed by atoms with Crippen LogP contribution in [0.5, 0.6) is 0 Å². The fourth-order valence-corrected chi connectivity index (χ4v) is 3.58. The van der Waals surface area contributed by atoms with Gasteiger partial charge in [0.15, 0.2) is 0 Å². The van der Waals surface area contributed by atoms with E-state index in [9.17, 15) is 4.79 Å². The molecule has 6 heteroatoms. The minimum atomic E-state index is -0.0213. The number of hydrogen-bond donors (Lipinski definition) is 1. The molecule has 1 unspecified atom stereocenters. The summed E-state index contributed by atoms with van der Waals surface area (Å²) in [5.41, 5.74) is 1.60. The number of pyridine rings is 1. The average molecular weight is 332 g/mol. The van der Waals surface area contributed by atoms with Crippen LogP contribution in [0.25, 0.3) is 0 Å². The predicted molar refractivity (Wildman–Crippen MR) is 94.6 cm³/mol. The van der Waals surface area contributed by atoms with Gasteiger partial charge in [-0.2, -0.15) is 0 Å². The lowest BCUT2D eigenvalue weighted by atomic mass is 10.1. The molecule has 0 radical (unpaired) electrons. The van der Waals surface area contributed by atoms with Crippen LogP contribution in [0.1, 0.15) is 35.8 Å². The van der Waals surface area contributed by atoms with Crippen molar-refractivity contribution in [2.24, 2.45) is 0 Å². The quantitative estimate of drug-likeness (QED) is 0.884. The summed E-state index contributed by atoms with van der Waals surface area (Å²) in [6, 6.07) is 4.27. The Morgan fingerprint density at radius 2 is 2.12 bits per heavy atom. The zero-order valence-electron chi connectivity index (χ0n) is 14.8. The van der Waals surface area contributed by atoms with Gasteiger partial charge >= 0.3 is 0 Å². The lowest BCUT2D eigenvalue weighted by molar-refractivity contribution is 0.0939. The highest BCUT2D eigenvalue weighted by Crippen LogP contribution is 2.20. The van der Waals surface area contributed by atoms with Crippen LogP contribution in [-0.2, 0) is 4.74 Å². The van der Waals surface area contributed by atoms with Crippen molar-refractivity contribution in [2.75, 3.05) is 50.8 Å². The first-order chi connectivity index (χ1) is 11.7. The molecule has 1 aromatic rings. The summed E-state index contributed by atoms with van der Waals surface area (Å²) in [5.74, 6) is 0.765. The van der Waals surface area contributed by atoms with Gasteiger partial charge in [-0.05, 0) is 45.0 Å². The van der Waals surface area contributed by atoms with Gasteiger partial charge in [-0.1, -0.05) is 6.92 Å². The Bertz CT molecular complexity index is 572. The van der Waals surface area contributed by atoms with E-state index in [1.807, 2.05) is 19.1 Å². The van der Waals surface area contributed by atoms with Crippen molar-refractivity contribution in [2.45, 2.75) is 32.7 Å². The summed E-state index contributed by atoms with van der Waals surface area (Å²) in [6.45, 7) is 9.97. The number of ether oxygens (including phenoxy) is 1. The van der Waals surface area contributed by atoms with E-state index in [-0.39, 0.29) is 5.91 Å². The third-order valence-electron chi connectivity index (χ3n) is 4.97. The minimum absolute atomic E-state index is 0.0213. The van der Waals surface area contributed by atoms with Crippen LogP contribution < -0.4 is 10.2 Å². The first kappa shape index (κ1) is 17.2. The molecule has 3 heterocycles. The van der Waals surface area contributed by atoms with Crippen molar-refractivity contribution < 1.29 is 9.53 Å². The smallest absolute Gasteiger partial charge is 0.255 e. The topological polar surface area (TPSA) is 57.7 Å². The molecule has 0 spiro atoms. The molecule has 0 aromatic carbocycles. The molecule has 2 fully saturated rings. The molecule has 0 aliphatic carbocycles. The van der Waals surface area contributed by atoms with Crippen LogP contribution in [0.3, 0.4) is 0 Å². The van der Waals surface area contributed by atoms with Gasteiger partial charge in [-0.15, -0.1) is 0 Å². The fraction of sp³-hybridized carbons (Fsp3) is 0.667. The van der Waals surface area contributed by atoms with E-state index < -0.39 is 0 Å². The third-order valence-corrected chi connectivity index (χ3v) is 4.97. The molecule has 0 saturated carbocycles. The molecule has 1 N–H and O–H groups in total. The van der Waals surface area contributed by atoms with Gasteiger partial charge in [0.05, 0.1) is 18.8 Å². The number of nitrogens with one attached hydrogen (secondary N) is 1. The first-order valence-corrected chi connectivity index (χ1v) is 9.01. The van der Waals surface area contributed by atoms with Crippen LogP contribution >= 0.6 is 0 Å². The minimum Gasteiger partial charge on any atom is -0.378 e. The average Bonchev–Trinajstić information content (AvgIpc) is 3.08. The monoisotopic (exact) mass is 332 g/mol. The van der Waals surface area contributed by atoms with Gasteiger partial charge in [0.25, 0.3) is 5.91 Å². The standard InChI is InChI=1S/C18H28N4O2/c1-3-21-8-4-5-15(21)13-19-18(23)16-7-6-14(2)20-17(16)22-9-11-24-12-10-22/h6-7,15H,3-5,8-13H2,1-2H3,(H,19,23). The van der Waals surface area contributed by atoms with E-state index in [1.54, 1.807) is 0 Å². The third kappa shape index (κ3) is 3.87. The van der Waals surface area contributed by atoms with Crippen molar-refractivity contribution in [3.8, 4) is 0 Å². The summed E-state index contributed by atoms with van der Waals surface area (Å²) in [4.78, 5) is 22.0. The van der Waals surface area contributed by atoms with Crippen molar-refractivity contribution in [3.05, 3.63) is 23.4 Å². The molecule has 1 aromatic heterocycles. The summed E-state index contributed by atoms with van der Waals surface area (Å²) in [7, 11) is 0. The first-order valence-electron chi connectivity index (χ1n) is 9.01. The predicted octanol–water partition coefficient (Wildman–Crippen LogP) is 1.44. The van der Waals surface area contributed by atoms with Crippen molar-refractivity contribution in [1.29, 1.82) is 0 Å². The van der Waals surface area contributed by atoms with Crippen LogP contribution in [0.4, 0.5) is 5.82 Å². The second-order valence-electron chi connectivity index (χ2n) is 6.56. The van der Waals surface area contributed by atoms with Crippen molar-refractivity contribution in [3.63, 3.8) is 0 Å². The Morgan fingerprint density at radius 1 is 1.33 bits per heavy atom. The molecule has 3 rings (SSSR count). The van der Waals surface area contributed by atoms with Gasteiger partial charge in [-0.25, -0.2) is 4.98 Å². The molecule has 0 bridgehead atoms. The van der Waals surface area contributed by atoms with Gasteiger partial charge in [0, 0.05) is 31.4 Å². The van der Waals surface area contributed by atoms with Gasteiger partial charge in [0.2, 0.25) is 0 Å². The molecule has 2 aliphatic heterocycles. The summed E-state index contributed by atoms with van der Waals surface area (Å²) in [6.07, 6.45) is 2.39. The second kappa shape index (κ2) is 7.94. The van der Waals surface area contributed by atoms with Crippen LogP contribution in [0, 0.1) is 6.92 Å². The van der Waals surface area contributed by atoms with Gasteiger partial charge in [0.1, 0.15) is 5.82 Å². The summed E-state index contributed by atoms with van der Waals surface area (Å²) < 4.78 is 5.42. The number of morpholine rings is 1. The van der Waals surface area contributed by atoms with Crippen molar-refractivity contribution in [1.82, 2.24) is 15.2 Å². The lowest BCUT2D eigenvalue weighted by Crippen LogP contribution is -2.41. The number of likely N-dealkylation sites (N-methyl/N-ethyl adjacent to an activating group) is 1. The summed E-state index contributed by atoms with van der Waals surface area (Å²) >= 11 is 0. The molecule has 132 valence electrons. The summed E-state index contributed by atoms with van der Waals surface area (Å²) in [5, 5.41) is 3.13. The van der Waals surface area contributed by atoms with Gasteiger partial charge in [-0.3, -0.25) is 9.69 Å². The number of carbonyl (C=O) groups excluding carboxylic acids is 1. The maximum Gasteiger partial charge on any atom is 0.255 e. The Balaban J connectivity index is 1.69. The number of anilines is 1. The molecular formula is C18H28N4O2. The zero-order chi connectivity index (χ0) is 16.9. The number of aromatic nitrogens is 1. The van der Waals surface area contributed by atoms with E-state index >= 15 is 0 Å². The number of aryl methyl sites for hydroxylation is 1. The molecule has 2 aliphatic rings. The van der Waals surface area contributed by atoms with E-state index in [2.05, 4.69) is 27.0 Å². The number of rotatable bonds is 5. The van der Waals surface area contributed by atoms with Crippen molar-refractivity contribution >= 4 is 11.7 Å². The number of nitrogens with zero attached hydrogens (tertiary/aromatic N) is 3. The van der Waals surface area contributed by atoms with E-state index in [0.717, 1.165) is 44.1 Å². The maximum absolute atomic E-state index is 12.7. The van der Waals surface area contributed by atoms with E-state index in [0.29, 0.717) is 31.4 Å². The highest BCUT2D eigenvalue weighted by atomic mass is 16.5. The maximum atomic E-state index is 12.7. The zero-order valence-corrected chi connectivity index (χ0v) is 14.8. The Kier molecular flexibility index (Phi) is 5.68. The number of hydrogen-bond acceptors (Lipinski definition) is 5.